The van der Waals surface area contributed by atoms with Gasteiger partial charge < -0.3 is 15.2 Å². The SMILES string of the molecule is CC1(CNC(=O)c2cc(Cl)ccc2O)COC1. The molecule has 1 amide bonds. The molecule has 2 rings (SSSR count). The molecule has 1 aliphatic rings. The molecule has 1 saturated heterocycles. The molecule has 0 aromatic heterocycles. The second-order valence-electron chi connectivity index (χ2n) is 4.65. The molecule has 17 heavy (non-hydrogen) atoms. The van der Waals surface area contributed by atoms with Crippen molar-refractivity contribution >= 4 is 17.5 Å². The van der Waals surface area contributed by atoms with Gasteiger partial charge in [-0.25, -0.2) is 0 Å². The number of halogens is 1. The van der Waals surface area contributed by atoms with Crippen LogP contribution in [-0.2, 0) is 4.74 Å². The zero-order valence-corrected chi connectivity index (χ0v) is 10.3. The third-order valence-electron chi connectivity index (χ3n) is 2.78. The normalized spacial score (nSPS) is 17.3. The molecule has 2 N–H and O–H groups in total. The fraction of sp³-hybridized carbons (Fsp3) is 0.417. The molecule has 0 unspecified atom stereocenters. The Labute approximate surface area is 105 Å². The minimum atomic E-state index is -0.321. The van der Waals surface area contributed by atoms with Gasteiger partial charge in [0.25, 0.3) is 5.91 Å². The van der Waals surface area contributed by atoms with Crippen molar-refractivity contribution in [3.8, 4) is 5.75 Å². The fourth-order valence-electron chi connectivity index (χ4n) is 1.63. The molecule has 5 heteroatoms. The van der Waals surface area contributed by atoms with Gasteiger partial charge in [0.05, 0.1) is 18.8 Å². The molecule has 1 aromatic carbocycles. The van der Waals surface area contributed by atoms with Crippen LogP contribution in [0.15, 0.2) is 18.2 Å². The van der Waals surface area contributed by atoms with E-state index >= 15 is 0 Å². The monoisotopic (exact) mass is 255 g/mol. The van der Waals surface area contributed by atoms with Crippen molar-refractivity contribution in [2.24, 2.45) is 5.41 Å². The number of nitrogens with one attached hydrogen (secondary N) is 1. The van der Waals surface area contributed by atoms with Crippen LogP contribution in [0.5, 0.6) is 5.75 Å². The smallest absolute Gasteiger partial charge is 0.255 e. The zero-order valence-electron chi connectivity index (χ0n) is 9.50. The zero-order chi connectivity index (χ0) is 12.5. The minimum Gasteiger partial charge on any atom is -0.507 e. The molecule has 0 bridgehead atoms. The predicted octanol–water partition coefficient (Wildman–Crippen LogP) is 1.81. The number of carbonyl (C=O) groups excluding carboxylic acids is 1. The third kappa shape index (κ3) is 2.70. The van der Waals surface area contributed by atoms with Crippen molar-refractivity contribution in [1.82, 2.24) is 5.32 Å². The maximum Gasteiger partial charge on any atom is 0.255 e. The Morgan fingerprint density at radius 3 is 2.88 bits per heavy atom. The first-order valence-corrected chi connectivity index (χ1v) is 5.72. The number of hydrogen-bond donors (Lipinski definition) is 2. The number of aromatic hydroxyl groups is 1. The highest BCUT2D eigenvalue weighted by atomic mass is 35.5. The van der Waals surface area contributed by atoms with Crippen LogP contribution in [0.2, 0.25) is 5.02 Å². The van der Waals surface area contributed by atoms with Crippen LogP contribution in [0.3, 0.4) is 0 Å². The minimum absolute atomic E-state index is 0.00382. The Morgan fingerprint density at radius 2 is 2.29 bits per heavy atom. The topological polar surface area (TPSA) is 58.6 Å². The molecular weight excluding hydrogens is 242 g/mol. The molecule has 0 saturated carbocycles. The van der Waals surface area contributed by atoms with Crippen molar-refractivity contribution in [3.05, 3.63) is 28.8 Å². The maximum atomic E-state index is 11.8. The summed E-state index contributed by atoms with van der Waals surface area (Å²) in [5.74, 6) is -0.389. The van der Waals surface area contributed by atoms with Gasteiger partial charge in [-0.1, -0.05) is 18.5 Å². The Morgan fingerprint density at radius 1 is 1.59 bits per heavy atom. The molecule has 4 nitrogen and oxygen atoms in total. The van der Waals surface area contributed by atoms with Gasteiger partial charge in [-0.15, -0.1) is 0 Å². The Balaban J connectivity index is 2.01. The van der Waals surface area contributed by atoms with E-state index in [0.29, 0.717) is 24.8 Å². The van der Waals surface area contributed by atoms with Gasteiger partial charge in [0.2, 0.25) is 0 Å². The number of rotatable bonds is 3. The summed E-state index contributed by atoms with van der Waals surface area (Å²) in [7, 11) is 0. The first-order chi connectivity index (χ1) is 8.00. The lowest BCUT2D eigenvalue weighted by Crippen LogP contribution is -2.48. The number of phenols is 1. The van der Waals surface area contributed by atoms with E-state index in [1.165, 1.54) is 18.2 Å². The fourth-order valence-corrected chi connectivity index (χ4v) is 1.80. The average Bonchev–Trinajstić information content (AvgIpc) is 2.26. The van der Waals surface area contributed by atoms with Crippen molar-refractivity contribution in [2.45, 2.75) is 6.92 Å². The second kappa shape index (κ2) is 4.55. The molecule has 0 radical (unpaired) electrons. The second-order valence-corrected chi connectivity index (χ2v) is 5.08. The lowest BCUT2D eigenvalue weighted by molar-refractivity contribution is -0.0978. The van der Waals surface area contributed by atoms with Gasteiger partial charge in [-0.05, 0) is 18.2 Å². The highest BCUT2D eigenvalue weighted by Crippen LogP contribution is 2.26. The van der Waals surface area contributed by atoms with Gasteiger partial charge in [0.1, 0.15) is 5.75 Å². The van der Waals surface area contributed by atoms with E-state index in [1.807, 2.05) is 6.92 Å². The Kier molecular flexibility index (Phi) is 3.26. The van der Waals surface area contributed by atoms with E-state index in [0.717, 1.165) is 0 Å². The van der Waals surface area contributed by atoms with Crippen molar-refractivity contribution in [2.75, 3.05) is 19.8 Å². The standard InChI is InChI=1S/C12H14ClNO3/c1-12(6-17-7-12)5-14-11(16)9-4-8(13)2-3-10(9)15/h2-4,15H,5-7H2,1H3,(H,14,16). The summed E-state index contributed by atoms with van der Waals surface area (Å²) in [6.07, 6.45) is 0. The van der Waals surface area contributed by atoms with E-state index in [4.69, 9.17) is 16.3 Å². The van der Waals surface area contributed by atoms with Crippen LogP contribution in [-0.4, -0.2) is 30.8 Å². The van der Waals surface area contributed by atoms with Crippen molar-refractivity contribution < 1.29 is 14.6 Å². The lowest BCUT2D eigenvalue weighted by Gasteiger charge is -2.38. The summed E-state index contributed by atoms with van der Waals surface area (Å²) in [4.78, 5) is 11.8. The predicted molar refractivity (Wildman–Crippen MR) is 64.4 cm³/mol. The first-order valence-electron chi connectivity index (χ1n) is 5.35. The summed E-state index contributed by atoms with van der Waals surface area (Å²) >= 11 is 5.78. The molecule has 0 spiro atoms. The maximum absolute atomic E-state index is 11.8. The summed E-state index contributed by atoms with van der Waals surface area (Å²) < 4.78 is 5.10. The van der Waals surface area contributed by atoms with E-state index in [9.17, 15) is 9.90 Å². The Hall–Kier alpha value is -1.26. The number of hydrogen-bond acceptors (Lipinski definition) is 3. The van der Waals surface area contributed by atoms with Gasteiger partial charge in [0, 0.05) is 17.0 Å². The summed E-state index contributed by atoms with van der Waals surface area (Å²) in [6.45, 7) is 3.86. The number of benzene rings is 1. The Bertz CT molecular complexity index is 443. The van der Waals surface area contributed by atoms with Gasteiger partial charge in [-0.2, -0.15) is 0 Å². The highest BCUT2D eigenvalue weighted by Gasteiger charge is 2.33. The molecule has 1 fully saturated rings. The van der Waals surface area contributed by atoms with Crippen LogP contribution in [0, 0.1) is 5.41 Å². The molecule has 1 aliphatic heterocycles. The molecule has 0 aliphatic carbocycles. The molecular formula is C12H14ClNO3. The molecule has 1 heterocycles. The van der Waals surface area contributed by atoms with Gasteiger partial charge >= 0.3 is 0 Å². The van der Waals surface area contributed by atoms with E-state index < -0.39 is 0 Å². The van der Waals surface area contributed by atoms with Crippen LogP contribution < -0.4 is 5.32 Å². The van der Waals surface area contributed by atoms with E-state index in [2.05, 4.69) is 5.32 Å². The van der Waals surface area contributed by atoms with Crippen LogP contribution in [0.4, 0.5) is 0 Å². The van der Waals surface area contributed by atoms with E-state index in [-0.39, 0.29) is 22.6 Å². The quantitative estimate of drug-likeness (QED) is 0.866. The number of carbonyl (C=O) groups is 1. The molecule has 92 valence electrons. The highest BCUT2D eigenvalue weighted by molar-refractivity contribution is 6.31. The van der Waals surface area contributed by atoms with Gasteiger partial charge in [0.15, 0.2) is 0 Å². The van der Waals surface area contributed by atoms with Crippen molar-refractivity contribution in [1.29, 1.82) is 0 Å². The van der Waals surface area contributed by atoms with Crippen LogP contribution >= 0.6 is 11.6 Å². The van der Waals surface area contributed by atoms with Crippen LogP contribution in [0.1, 0.15) is 17.3 Å². The summed E-state index contributed by atoms with van der Waals surface area (Å²) in [5.41, 5.74) is 0.200. The molecule has 1 aromatic rings. The van der Waals surface area contributed by atoms with Crippen LogP contribution in [0.25, 0.3) is 0 Å². The van der Waals surface area contributed by atoms with E-state index in [1.54, 1.807) is 0 Å². The number of amides is 1. The lowest BCUT2D eigenvalue weighted by atomic mass is 9.88. The number of ether oxygens (including phenoxy) is 1. The summed E-state index contributed by atoms with van der Waals surface area (Å²) in [6, 6.07) is 4.39. The van der Waals surface area contributed by atoms with Crippen molar-refractivity contribution in [3.63, 3.8) is 0 Å². The van der Waals surface area contributed by atoms with Gasteiger partial charge in [-0.3, -0.25) is 4.79 Å². The number of phenolic OH excluding ortho intramolecular Hbond substituents is 1. The average molecular weight is 256 g/mol. The summed E-state index contributed by atoms with van der Waals surface area (Å²) in [5, 5.41) is 12.8. The molecule has 0 atom stereocenters. The third-order valence-corrected chi connectivity index (χ3v) is 3.02. The largest absolute Gasteiger partial charge is 0.507 e. The first kappa shape index (κ1) is 12.2.